The van der Waals surface area contributed by atoms with Crippen LogP contribution in [0, 0.1) is 11.8 Å². The van der Waals surface area contributed by atoms with Crippen molar-refractivity contribution < 1.29 is 4.79 Å². The Morgan fingerprint density at radius 3 is 2.82 bits per heavy atom. The summed E-state index contributed by atoms with van der Waals surface area (Å²) in [6, 6.07) is 10.9. The summed E-state index contributed by atoms with van der Waals surface area (Å²) in [7, 11) is 0. The SMILES string of the molecule is CC(CC(=O)NC1CC1c1ccccc1)C1CCCNC1.Cl. The zero-order valence-electron chi connectivity index (χ0n) is 13.3. The molecule has 1 aliphatic carbocycles. The van der Waals surface area contributed by atoms with E-state index >= 15 is 0 Å². The molecule has 4 atom stereocenters. The number of hydrogen-bond acceptors (Lipinski definition) is 2. The third-order valence-electron chi connectivity index (χ3n) is 5.01. The van der Waals surface area contributed by atoms with Gasteiger partial charge in [0.25, 0.3) is 0 Å². The molecule has 0 aromatic heterocycles. The maximum absolute atomic E-state index is 12.2. The highest BCUT2D eigenvalue weighted by molar-refractivity contribution is 5.85. The van der Waals surface area contributed by atoms with E-state index in [-0.39, 0.29) is 18.3 Å². The fourth-order valence-corrected chi connectivity index (χ4v) is 3.51. The van der Waals surface area contributed by atoms with Crippen LogP contribution in [0.2, 0.25) is 0 Å². The molecule has 1 saturated heterocycles. The molecule has 3 rings (SSSR count). The third-order valence-corrected chi connectivity index (χ3v) is 5.01. The number of benzene rings is 1. The van der Waals surface area contributed by atoms with Crippen LogP contribution in [0.3, 0.4) is 0 Å². The van der Waals surface area contributed by atoms with Crippen molar-refractivity contribution >= 4 is 18.3 Å². The number of hydrogen-bond donors (Lipinski definition) is 2. The second-order valence-electron chi connectivity index (χ2n) is 6.71. The minimum atomic E-state index is 0. The van der Waals surface area contributed by atoms with Crippen molar-refractivity contribution in [3.63, 3.8) is 0 Å². The van der Waals surface area contributed by atoms with Gasteiger partial charge < -0.3 is 10.6 Å². The van der Waals surface area contributed by atoms with Gasteiger partial charge in [0.05, 0.1) is 0 Å². The molecular formula is C18H27ClN2O. The Kier molecular flexibility index (Phi) is 6.27. The van der Waals surface area contributed by atoms with Crippen LogP contribution in [0.5, 0.6) is 0 Å². The summed E-state index contributed by atoms with van der Waals surface area (Å²) in [4.78, 5) is 12.2. The van der Waals surface area contributed by atoms with E-state index in [1.807, 2.05) is 6.07 Å². The average molecular weight is 323 g/mol. The number of amides is 1. The molecule has 0 radical (unpaired) electrons. The van der Waals surface area contributed by atoms with Crippen LogP contribution in [-0.2, 0) is 4.79 Å². The molecule has 0 spiro atoms. The Labute approximate surface area is 139 Å². The summed E-state index contributed by atoms with van der Waals surface area (Å²) < 4.78 is 0. The van der Waals surface area contributed by atoms with Gasteiger partial charge in [-0.3, -0.25) is 4.79 Å². The van der Waals surface area contributed by atoms with Crippen LogP contribution in [0.25, 0.3) is 0 Å². The molecule has 0 bridgehead atoms. The quantitative estimate of drug-likeness (QED) is 0.874. The van der Waals surface area contributed by atoms with Crippen molar-refractivity contribution in [2.45, 2.75) is 44.6 Å². The molecule has 122 valence electrons. The van der Waals surface area contributed by atoms with E-state index in [1.54, 1.807) is 0 Å². The average Bonchev–Trinajstić information content (AvgIpc) is 3.28. The zero-order chi connectivity index (χ0) is 14.7. The molecule has 1 amide bonds. The van der Waals surface area contributed by atoms with E-state index in [0.29, 0.717) is 30.2 Å². The molecule has 1 aromatic rings. The molecule has 4 heteroatoms. The lowest BCUT2D eigenvalue weighted by atomic mass is 9.85. The predicted molar refractivity (Wildman–Crippen MR) is 92.4 cm³/mol. The third kappa shape index (κ3) is 4.47. The highest BCUT2D eigenvalue weighted by Gasteiger charge is 2.39. The number of rotatable bonds is 5. The van der Waals surface area contributed by atoms with Gasteiger partial charge in [-0.2, -0.15) is 0 Å². The fourth-order valence-electron chi connectivity index (χ4n) is 3.51. The lowest BCUT2D eigenvalue weighted by molar-refractivity contribution is -0.122. The Morgan fingerprint density at radius 1 is 1.36 bits per heavy atom. The highest BCUT2D eigenvalue weighted by Crippen LogP contribution is 2.40. The molecule has 3 nitrogen and oxygen atoms in total. The summed E-state index contributed by atoms with van der Waals surface area (Å²) in [6.45, 7) is 4.43. The zero-order valence-corrected chi connectivity index (χ0v) is 14.1. The highest BCUT2D eigenvalue weighted by atomic mass is 35.5. The van der Waals surface area contributed by atoms with Crippen LogP contribution in [0.15, 0.2) is 30.3 Å². The monoisotopic (exact) mass is 322 g/mol. The van der Waals surface area contributed by atoms with Gasteiger partial charge in [-0.1, -0.05) is 37.3 Å². The number of nitrogens with one attached hydrogen (secondary N) is 2. The maximum Gasteiger partial charge on any atom is 0.220 e. The minimum absolute atomic E-state index is 0. The summed E-state index contributed by atoms with van der Waals surface area (Å²) in [6.07, 6.45) is 4.27. The van der Waals surface area contributed by atoms with E-state index in [0.717, 1.165) is 19.5 Å². The Balaban J connectivity index is 0.00000176. The van der Waals surface area contributed by atoms with E-state index in [2.05, 4.69) is 41.8 Å². The van der Waals surface area contributed by atoms with Gasteiger partial charge in [-0.15, -0.1) is 12.4 Å². The van der Waals surface area contributed by atoms with Crippen LogP contribution < -0.4 is 10.6 Å². The van der Waals surface area contributed by atoms with Crippen molar-refractivity contribution in [2.75, 3.05) is 13.1 Å². The second kappa shape index (κ2) is 7.98. The van der Waals surface area contributed by atoms with E-state index in [4.69, 9.17) is 0 Å². The Bertz CT molecular complexity index is 473. The Hall–Kier alpha value is -1.06. The van der Waals surface area contributed by atoms with E-state index in [9.17, 15) is 4.79 Å². The van der Waals surface area contributed by atoms with Gasteiger partial charge in [-0.05, 0) is 49.8 Å². The minimum Gasteiger partial charge on any atom is -0.353 e. The standard InChI is InChI=1S/C18H26N2O.ClH/c1-13(15-8-5-9-19-12-15)10-18(21)20-17-11-16(17)14-6-3-2-4-7-14;/h2-4,6-7,13,15-17,19H,5,8-12H2,1H3,(H,20,21);1H. The molecule has 2 N–H and O–H groups in total. The maximum atomic E-state index is 12.2. The Morgan fingerprint density at radius 2 is 2.14 bits per heavy atom. The van der Waals surface area contributed by atoms with Crippen molar-refractivity contribution in [3.8, 4) is 0 Å². The topological polar surface area (TPSA) is 41.1 Å². The van der Waals surface area contributed by atoms with Crippen LogP contribution in [-0.4, -0.2) is 25.0 Å². The fraction of sp³-hybridized carbons (Fsp3) is 0.611. The normalized spacial score (nSPS) is 28.3. The molecule has 22 heavy (non-hydrogen) atoms. The predicted octanol–water partition coefficient (Wildman–Crippen LogP) is 3.11. The lowest BCUT2D eigenvalue weighted by Gasteiger charge is -2.28. The van der Waals surface area contributed by atoms with Gasteiger partial charge in [0, 0.05) is 18.4 Å². The molecule has 2 fully saturated rings. The summed E-state index contributed by atoms with van der Waals surface area (Å²) in [5, 5.41) is 6.65. The van der Waals surface area contributed by atoms with Gasteiger partial charge in [0.2, 0.25) is 5.91 Å². The number of carbonyl (C=O) groups excluding carboxylic acids is 1. The first-order valence-electron chi connectivity index (χ1n) is 8.29. The van der Waals surface area contributed by atoms with Crippen LogP contribution in [0.4, 0.5) is 0 Å². The summed E-state index contributed by atoms with van der Waals surface area (Å²) in [5.41, 5.74) is 1.35. The second-order valence-corrected chi connectivity index (χ2v) is 6.71. The van der Waals surface area contributed by atoms with Crippen molar-refractivity contribution in [3.05, 3.63) is 35.9 Å². The molecule has 1 heterocycles. The molecule has 1 aliphatic heterocycles. The number of halogens is 1. The number of piperidine rings is 1. The summed E-state index contributed by atoms with van der Waals surface area (Å²) >= 11 is 0. The van der Waals surface area contributed by atoms with Gasteiger partial charge in [0.1, 0.15) is 0 Å². The van der Waals surface area contributed by atoms with Crippen molar-refractivity contribution in [1.82, 2.24) is 10.6 Å². The first-order valence-corrected chi connectivity index (χ1v) is 8.29. The lowest BCUT2D eigenvalue weighted by Crippen LogP contribution is -2.36. The first kappa shape index (κ1) is 17.3. The smallest absolute Gasteiger partial charge is 0.220 e. The van der Waals surface area contributed by atoms with Crippen LogP contribution >= 0.6 is 12.4 Å². The van der Waals surface area contributed by atoms with Gasteiger partial charge in [-0.25, -0.2) is 0 Å². The number of carbonyl (C=O) groups is 1. The molecule has 2 aliphatic rings. The molecule has 1 saturated carbocycles. The summed E-state index contributed by atoms with van der Waals surface area (Å²) in [5.74, 6) is 1.90. The van der Waals surface area contributed by atoms with Gasteiger partial charge in [0.15, 0.2) is 0 Å². The largest absolute Gasteiger partial charge is 0.353 e. The molecule has 1 aromatic carbocycles. The molecule has 4 unspecified atom stereocenters. The van der Waals surface area contributed by atoms with Crippen LogP contribution in [0.1, 0.15) is 44.1 Å². The van der Waals surface area contributed by atoms with E-state index in [1.165, 1.54) is 18.4 Å². The van der Waals surface area contributed by atoms with Crippen molar-refractivity contribution in [1.29, 1.82) is 0 Å². The first-order chi connectivity index (χ1) is 10.2. The van der Waals surface area contributed by atoms with Crippen molar-refractivity contribution in [2.24, 2.45) is 11.8 Å². The van der Waals surface area contributed by atoms with E-state index < -0.39 is 0 Å². The van der Waals surface area contributed by atoms with Gasteiger partial charge >= 0.3 is 0 Å². The molecular weight excluding hydrogens is 296 g/mol.